The quantitative estimate of drug-likeness (QED) is 0.0943. The van der Waals surface area contributed by atoms with Gasteiger partial charge >= 0.3 is 12.1 Å². The van der Waals surface area contributed by atoms with Crippen molar-refractivity contribution in [1.29, 1.82) is 0 Å². The molecule has 0 amide bonds. The summed E-state index contributed by atoms with van der Waals surface area (Å²) in [6.45, 7) is 0.468. The molecule has 5 atom stereocenters. The summed E-state index contributed by atoms with van der Waals surface area (Å²) in [5, 5.41) is 3.80. The van der Waals surface area contributed by atoms with Crippen LogP contribution in [0.5, 0.6) is 0 Å². The minimum Gasteiger partial charge on any atom is -0.374 e. The molecule has 0 bridgehead atoms. The lowest BCUT2D eigenvalue weighted by Gasteiger charge is -2.46. The highest BCUT2D eigenvalue weighted by atomic mass is 19.4. The molecular weight excluding hydrogens is 714 g/mol. The third-order valence-corrected chi connectivity index (χ3v) is 9.08. The average Bonchev–Trinajstić information content (AvgIpc) is 3.46. The largest absolute Gasteiger partial charge is 0.459 e. The van der Waals surface area contributed by atoms with Crippen LogP contribution in [-0.4, -0.2) is 53.1 Å². The average molecular weight is 755 g/mol. The Morgan fingerprint density at radius 3 is 1.44 bits per heavy atom. The van der Waals surface area contributed by atoms with E-state index in [9.17, 15) is 22.0 Å². The van der Waals surface area contributed by atoms with Gasteiger partial charge in [-0.2, -0.15) is 27.1 Å². The summed E-state index contributed by atoms with van der Waals surface area (Å²) < 4.78 is 118. The van der Waals surface area contributed by atoms with Crippen molar-refractivity contribution >= 4 is 0 Å². The Morgan fingerprint density at radius 1 is 0.593 bits per heavy atom. The van der Waals surface area contributed by atoms with Crippen molar-refractivity contribution in [2.45, 2.75) is 75.5 Å². The Balaban J connectivity index is 1.38. The van der Waals surface area contributed by atoms with E-state index in [1.165, 1.54) is 0 Å². The van der Waals surface area contributed by atoms with Crippen LogP contribution in [0, 0.1) is 5.82 Å². The Labute approximate surface area is 309 Å². The molecule has 1 aliphatic rings. The molecular formula is C41H40F6N2O5. The fourth-order valence-electron chi connectivity index (χ4n) is 6.40. The van der Waals surface area contributed by atoms with E-state index in [-0.39, 0.29) is 37.7 Å². The van der Waals surface area contributed by atoms with Gasteiger partial charge in [0.25, 0.3) is 0 Å². The van der Waals surface area contributed by atoms with Crippen LogP contribution in [0.4, 0.5) is 26.3 Å². The maximum absolute atomic E-state index is 15.8. The van der Waals surface area contributed by atoms with Gasteiger partial charge in [0.05, 0.1) is 39.1 Å². The summed E-state index contributed by atoms with van der Waals surface area (Å²) in [6.07, 6.45) is -11.4. The number of halogens is 6. The molecule has 1 saturated heterocycles. The highest BCUT2D eigenvalue weighted by Crippen LogP contribution is 2.45. The molecule has 1 aromatic heterocycles. The van der Waals surface area contributed by atoms with E-state index in [1.807, 2.05) is 121 Å². The standard InChI is InChI=1S/C41H40F6N2O5/c1-49-39(40(43,44)41(45,46)47)35(42)32(48-49)22-33-36(51-24-29-16-8-3-9-17-29)38(53-26-31-20-12-5-13-21-31)37(52-25-30-18-10-4-11-19-30)34(54-33)27-50-23-28-14-6-2-7-15-28/h2-21,33-34,36-38H,22-27H2,1H3/t33-,34+,36-,37+,38+/m0/s1. The molecule has 7 nitrogen and oxygen atoms in total. The number of nitrogens with zero attached hydrogens (tertiary/aromatic N) is 2. The van der Waals surface area contributed by atoms with E-state index in [0.717, 1.165) is 29.3 Å². The van der Waals surface area contributed by atoms with E-state index in [1.54, 1.807) is 0 Å². The maximum Gasteiger partial charge on any atom is 0.459 e. The van der Waals surface area contributed by atoms with Gasteiger partial charge in [-0.3, -0.25) is 4.68 Å². The number of rotatable bonds is 16. The van der Waals surface area contributed by atoms with Gasteiger partial charge in [0.1, 0.15) is 30.1 Å². The van der Waals surface area contributed by atoms with E-state index in [4.69, 9.17) is 23.7 Å². The van der Waals surface area contributed by atoms with Crippen molar-refractivity contribution in [2.24, 2.45) is 7.05 Å². The van der Waals surface area contributed by atoms with E-state index in [0.29, 0.717) is 0 Å². The third kappa shape index (κ3) is 9.57. The van der Waals surface area contributed by atoms with Crippen molar-refractivity contribution in [2.75, 3.05) is 6.61 Å². The van der Waals surface area contributed by atoms with Gasteiger partial charge in [0.15, 0.2) is 11.5 Å². The Bertz CT molecular complexity index is 1880. The number of hydrogen-bond acceptors (Lipinski definition) is 6. The van der Waals surface area contributed by atoms with Crippen LogP contribution in [0.15, 0.2) is 121 Å². The van der Waals surface area contributed by atoms with Gasteiger partial charge in [-0.1, -0.05) is 121 Å². The number of hydrogen-bond donors (Lipinski definition) is 0. The zero-order chi connectivity index (χ0) is 38.1. The number of ether oxygens (including phenoxy) is 5. The van der Waals surface area contributed by atoms with Gasteiger partial charge in [-0.05, 0) is 22.3 Å². The molecule has 0 N–H and O–H groups in total. The van der Waals surface area contributed by atoms with Crippen LogP contribution >= 0.6 is 0 Å². The van der Waals surface area contributed by atoms with E-state index < -0.39 is 66.2 Å². The molecule has 0 unspecified atom stereocenters. The molecule has 13 heteroatoms. The van der Waals surface area contributed by atoms with Crippen LogP contribution in [0.3, 0.4) is 0 Å². The molecule has 0 radical (unpaired) electrons. The van der Waals surface area contributed by atoms with Crippen LogP contribution in [-0.2, 0) is 69.5 Å². The smallest absolute Gasteiger partial charge is 0.374 e. The molecule has 54 heavy (non-hydrogen) atoms. The predicted octanol–water partition coefficient (Wildman–Crippen LogP) is 8.50. The van der Waals surface area contributed by atoms with Gasteiger partial charge in [0.2, 0.25) is 0 Å². The second kappa shape index (κ2) is 17.7. The summed E-state index contributed by atoms with van der Waals surface area (Å²) in [4.78, 5) is 0. The highest BCUT2D eigenvalue weighted by molar-refractivity contribution is 5.22. The molecule has 2 heterocycles. The lowest BCUT2D eigenvalue weighted by Crippen LogP contribution is -2.61. The number of aromatic nitrogens is 2. The minimum absolute atomic E-state index is 0.0381. The molecule has 286 valence electrons. The first-order chi connectivity index (χ1) is 26.0. The fraction of sp³-hybridized carbons (Fsp3) is 0.341. The Kier molecular flexibility index (Phi) is 12.9. The van der Waals surface area contributed by atoms with Crippen LogP contribution in [0.1, 0.15) is 33.6 Å². The second-order valence-electron chi connectivity index (χ2n) is 13.0. The Hall–Kier alpha value is -4.53. The van der Waals surface area contributed by atoms with Crippen LogP contribution in [0.2, 0.25) is 0 Å². The van der Waals surface area contributed by atoms with Crippen LogP contribution in [0.25, 0.3) is 0 Å². The Morgan fingerprint density at radius 2 is 1.00 bits per heavy atom. The van der Waals surface area contributed by atoms with Crippen molar-refractivity contribution in [3.05, 3.63) is 161 Å². The van der Waals surface area contributed by atoms with Crippen LogP contribution < -0.4 is 0 Å². The van der Waals surface area contributed by atoms with Crippen molar-refractivity contribution in [1.82, 2.24) is 9.78 Å². The second-order valence-corrected chi connectivity index (χ2v) is 13.0. The SMILES string of the molecule is Cn1nc(C[C@@H]2O[C@H](COCc3ccccc3)[C@@H](OCc3ccccc3)[C@H](OCc3ccccc3)[C@H]2OCc2ccccc2)c(F)c1C(F)(F)C(F)(F)F. The normalized spacial score (nSPS) is 20.6. The fourth-order valence-corrected chi connectivity index (χ4v) is 6.40. The lowest BCUT2D eigenvalue weighted by molar-refractivity contribution is -0.293. The van der Waals surface area contributed by atoms with Crippen molar-refractivity contribution < 1.29 is 50.0 Å². The summed E-state index contributed by atoms with van der Waals surface area (Å²) in [5.41, 5.74) is 0.817. The van der Waals surface area contributed by atoms with Gasteiger partial charge < -0.3 is 23.7 Å². The highest BCUT2D eigenvalue weighted by Gasteiger charge is 2.62. The minimum atomic E-state index is -6.05. The van der Waals surface area contributed by atoms with Gasteiger partial charge in [0, 0.05) is 13.5 Å². The number of aryl methyl sites for hydroxylation is 1. The maximum atomic E-state index is 15.8. The molecule has 1 aliphatic heterocycles. The number of benzene rings is 4. The molecule has 1 fully saturated rings. The molecule has 0 aliphatic carbocycles. The monoisotopic (exact) mass is 754 g/mol. The molecule has 4 aromatic carbocycles. The molecule has 6 rings (SSSR count). The lowest BCUT2D eigenvalue weighted by atomic mass is 9.91. The number of alkyl halides is 5. The molecule has 0 spiro atoms. The summed E-state index contributed by atoms with van der Waals surface area (Å²) in [5.74, 6) is -7.29. The zero-order valence-electron chi connectivity index (χ0n) is 29.4. The summed E-state index contributed by atoms with van der Waals surface area (Å²) >= 11 is 0. The van der Waals surface area contributed by atoms with E-state index >= 15 is 4.39 Å². The van der Waals surface area contributed by atoms with E-state index in [2.05, 4.69) is 5.10 Å². The van der Waals surface area contributed by atoms with Gasteiger partial charge in [-0.15, -0.1) is 0 Å². The topological polar surface area (TPSA) is 64.0 Å². The first kappa shape index (κ1) is 39.2. The molecule has 0 saturated carbocycles. The predicted molar refractivity (Wildman–Crippen MR) is 187 cm³/mol. The zero-order valence-corrected chi connectivity index (χ0v) is 29.4. The third-order valence-electron chi connectivity index (χ3n) is 9.08. The van der Waals surface area contributed by atoms with Crippen molar-refractivity contribution in [3.63, 3.8) is 0 Å². The summed E-state index contributed by atoms with van der Waals surface area (Å²) in [6, 6.07) is 37.3. The first-order valence-electron chi connectivity index (χ1n) is 17.4. The molecule has 5 aromatic rings. The summed E-state index contributed by atoms with van der Waals surface area (Å²) in [7, 11) is 0.839. The first-order valence-corrected chi connectivity index (χ1v) is 17.4. The van der Waals surface area contributed by atoms with Crippen molar-refractivity contribution in [3.8, 4) is 0 Å². The van der Waals surface area contributed by atoms with Gasteiger partial charge in [-0.25, -0.2) is 4.39 Å².